The number of aliphatic hydroxyl groups excluding tert-OH is 1. The van der Waals surface area contributed by atoms with E-state index in [2.05, 4.69) is 40.0 Å². The maximum absolute atomic E-state index is 10.6. The third kappa shape index (κ3) is 3.21. The lowest BCUT2D eigenvalue weighted by Crippen LogP contribution is -2.13. The maximum Gasteiger partial charge on any atom is 0.101 e. The van der Waals surface area contributed by atoms with Crippen LogP contribution in [0.4, 0.5) is 0 Å². The molecule has 0 aliphatic heterocycles. The number of aromatic nitrogens is 4. The van der Waals surface area contributed by atoms with Gasteiger partial charge in [0.05, 0.1) is 27.2 Å². The number of aliphatic hydroxyl groups is 1. The lowest BCUT2D eigenvalue weighted by atomic mass is 10.1. The molecular formula is C15H23BrN4O. The van der Waals surface area contributed by atoms with E-state index in [4.69, 9.17) is 0 Å². The van der Waals surface area contributed by atoms with E-state index in [1.54, 1.807) is 0 Å². The fourth-order valence-electron chi connectivity index (χ4n) is 2.59. The molecule has 5 nitrogen and oxygen atoms in total. The van der Waals surface area contributed by atoms with Crippen LogP contribution in [0.15, 0.2) is 10.5 Å². The second-order valence-electron chi connectivity index (χ2n) is 5.12. The Bertz CT molecular complexity index is 617. The van der Waals surface area contributed by atoms with E-state index in [-0.39, 0.29) is 0 Å². The molecule has 0 spiro atoms. The van der Waals surface area contributed by atoms with Crippen molar-refractivity contribution in [3.05, 3.63) is 33.3 Å². The summed E-state index contributed by atoms with van der Waals surface area (Å²) in [5.41, 5.74) is 3.88. The molecule has 0 fully saturated rings. The van der Waals surface area contributed by atoms with Crippen molar-refractivity contribution in [1.82, 2.24) is 19.6 Å². The second-order valence-corrected chi connectivity index (χ2v) is 5.92. The van der Waals surface area contributed by atoms with Crippen LogP contribution in [0.2, 0.25) is 0 Å². The molecule has 2 aromatic heterocycles. The lowest BCUT2D eigenvalue weighted by Gasteiger charge is -2.13. The third-order valence-corrected chi connectivity index (χ3v) is 4.57. The smallest absolute Gasteiger partial charge is 0.101 e. The predicted octanol–water partition coefficient (Wildman–Crippen LogP) is 3.03. The van der Waals surface area contributed by atoms with Crippen LogP contribution in [-0.4, -0.2) is 24.7 Å². The summed E-state index contributed by atoms with van der Waals surface area (Å²) >= 11 is 3.63. The Morgan fingerprint density at radius 2 is 1.86 bits per heavy atom. The molecule has 2 aromatic rings. The van der Waals surface area contributed by atoms with Gasteiger partial charge in [0.1, 0.15) is 6.10 Å². The molecule has 1 N–H and O–H groups in total. The minimum absolute atomic E-state index is 0.534. The van der Waals surface area contributed by atoms with E-state index in [0.29, 0.717) is 6.42 Å². The Hall–Kier alpha value is -1.14. The van der Waals surface area contributed by atoms with Crippen LogP contribution < -0.4 is 0 Å². The molecule has 6 heteroatoms. The second kappa shape index (κ2) is 6.75. The van der Waals surface area contributed by atoms with Gasteiger partial charge in [0.25, 0.3) is 0 Å². The van der Waals surface area contributed by atoms with Gasteiger partial charge in [-0.25, -0.2) is 0 Å². The SMILES string of the molecule is CCc1nn(CC)c(CC(O)c2cc(C)nn2CC)c1Br. The molecule has 1 atom stereocenters. The Labute approximate surface area is 134 Å². The topological polar surface area (TPSA) is 55.9 Å². The number of halogens is 1. The first-order chi connectivity index (χ1) is 10.0. The van der Waals surface area contributed by atoms with Gasteiger partial charge in [0.2, 0.25) is 0 Å². The highest BCUT2D eigenvalue weighted by atomic mass is 79.9. The van der Waals surface area contributed by atoms with Gasteiger partial charge in [-0.2, -0.15) is 10.2 Å². The molecule has 0 saturated carbocycles. The monoisotopic (exact) mass is 354 g/mol. The predicted molar refractivity (Wildman–Crippen MR) is 86.3 cm³/mol. The van der Waals surface area contributed by atoms with Crippen molar-refractivity contribution < 1.29 is 5.11 Å². The summed E-state index contributed by atoms with van der Waals surface area (Å²) in [6.07, 6.45) is 0.837. The van der Waals surface area contributed by atoms with Crippen LogP contribution in [0.5, 0.6) is 0 Å². The van der Waals surface area contributed by atoms with Gasteiger partial charge in [0.15, 0.2) is 0 Å². The van der Waals surface area contributed by atoms with Gasteiger partial charge in [-0.3, -0.25) is 9.36 Å². The van der Waals surface area contributed by atoms with E-state index in [9.17, 15) is 5.11 Å². The van der Waals surface area contributed by atoms with E-state index in [0.717, 1.165) is 46.8 Å². The van der Waals surface area contributed by atoms with E-state index >= 15 is 0 Å². The summed E-state index contributed by atoms with van der Waals surface area (Å²) in [7, 11) is 0. The molecule has 116 valence electrons. The van der Waals surface area contributed by atoms with Crippen molar-refractivity contribution >= 4 is 15.9 Å². The normalized spacial score (nSPS) is 12.9. The van der Waals surface area contributed by atoms with Crippen molar-refractivity contribution in [3.8, 4) is 0 Å². The number of hydrogen-bond donors (Lipinski definition) is 1. The zero-order chi connectivity index (χ0) is 15.6. The standard InChI is InChI=1S/C15H23BrN4O/c1-5-11-15(16)13(20(7-3)18-11)9-14(21)12-8-10(4)17-19(12)6-2/h8,14,21H,5-7,9H2,1-4H3. The van der Waals surface area contributed by atoms with Gasteiger partial charge in [0, 0.05) is 19.5 Å². The Morgan fingerprint density at radius 1 is 1.19 bits per heavy atom. The molecule has 0 saturated heterocycles. The molecule has 0 aromatic carbocycles. The third-order valence-electron chi connectivity index (χ3n) is 3.66. The minimum atomic E-state index is -0.575. The molecule has 0 aliphatic rings. The quantitative estimate of drug-likeness (QED) is 0.867. The maximum atomic E-state index is 10.6. The minimum Gasteiger partial charge on any atom is -0.386 e. The number of aryl methyl sites for hydroxylation is 4. The van der Waals surface area contributed by atoms with E-state index in [1.807, 2.05) is 29.3 Å². The molecule has 1 unspecified atom stereocenters. The van der Waals surface area contributed by atoms with Crippen LogP contribution >= 0.6 is 15.9 Å². The fourth-order valence-corrected chi connectivity index (χ4v) is 3.31. The fraction of sp³-hybridized carbons (Fsp3) is 0.600. The van der Waals surface area contributed by atoms with Gasteiger partial charge in [-0.1, -0.05) is 6.92 Å². The summed E-state index contributed by atoms with van der Waals surface area (Å²) in [6, 6.07) is 1.95. The van der Waals surface area contributed by atoms with Gasteiger partial charge < -0.3 is 5.11 Å². The molecule has 0 amide bonds. The van der Waals surface area contributed by atoms with E-state index in [1.165, 1.54) is 0 Å². The number of nitrogens with zero attached hydrogens (tertiary/aromatic N) is 4. The van der Waals surface area contributed by atoms with Crippen LogP contribution in [0, 0.1) is 6.92 Å². The summed E-state index contributed by atoms with van der Waals surface area (Å²) < 4.78 is 4.85. The number of hydrogen-bond acceptors (Lipinski definition) is 3. The van der Waals surface area contributed by atoms with Crippen molar-refractivity contribution in [2.75, 3.05) is 0 Å². The zero-order valence-corrected chi connectivity index (χ0v) is 14.7. The van der Waals surface area contributed by atoms with Gasteiger partial charge in [-0.15, -0.1) is 0 Å². The van der Waals surface area contributed by atoms with Gasteiger partial charge in [-0.05, 0) is 49.2 Å². The average molecular weight is 355 g/mol. The molecule has 0 aliphatic carbocycles. The van der Waals surface area contributed by atoms with Crippen molar-refractivity contribution in [2.45, 2.75) is 59.7 Å². The summed E-state index contributed by atoms with van der Waals surface area (Å²) in [5, 5.41) is 19.6. The average Bonchev–Trinajstić information content (AvgIpc) is 3.00. The molecule has 2 heterocycles. The highest BCUT2D eigenvalue weighted by Crippen LogP contribution is 2.27. The van der Waals surface area contributed by atoms with Crippen LogP contribution in [-0.2, 0) is 25.9 Å². The largest absolute Gasteiger partial charge is 0.386 e. The first kappa shape index (κ1) is 16.2. The van der Waals surface area contributed by atoms with Gasteiger partial charge >= 0.3 is 0 Å². The molecule has 21 heavy (non-hydrogen) atoms. The first-order valence-electron chi connectivity index (χ1n) is 7.48. The Morgan fingerprint density at radius 3 is 2.43 bits per heavy atom. The van der Waals surface area contributed by atoms with Crippen LogP contribution in [0.3, 0.4) is 0 Å². The highest BCUT2D eigenvalue weighted by Gasteiger charge is 2.21. The van der Waals surface area contributed by atoms with Crippen molar-refractivity contribution in [2.24, 2.45) is 0 Å². The zero-order valence-electron chi connectivity index (χ0n) is 13.1. The van der Waals surface area contributed by atoms with Crippen molar-refractivity contribution in [3.63, 3.8) is 0 Å². The van der Waals surface area contributed by atoms with Crippen molar-refractivity contribution in [1.29, 1.82) is 0 Å². The summed E-state index contributed by atoms with van der Waals surface area (Å²) in [4.78, 5) is 0. The van der Waals surface area contributed by atoms with Crippen LogP contribution in [0.1, 0.15) is 49.7 Å². The van der Waals surface area contributed by atoms with Crippen LogP contribution in [0.25, 0.3) is 0 Å². The molecular weight excluding hydrogens is 332 g/mol. The highest BCUT2D eigenvalue weighted by molar-refractivity contribution is 9.10. The first-order valence-corrected chi connectivity index (χ1v) is 8.27. The van der Waals surface area contributed by atoms with E-state index < -0.39 is 6.10 Å². The lowest BCUT2D eigenvalue weighted by molar-refractivity contribution is 0.164. The summed E-state index contributed by atoms with van der Waals surface area (Å²) in [6.45, 7) is 9.69. The Balaban J connectivity index is 2.30. The Kier molecular flexibility index (Phi) is 5.22. The summed E-state index contributed by atoms with van der Waals surface area (Å²) in [5.74, 6) is 0. The molecule has 0 radical (unpaired) electrons. The molecule has 2 rings (SSSR count). The number of rotatable bonds is 6. The molecule has 0 bridgehead atoms.